The number of benzene rings is 4. The first-order chi connectivity index (χ1) is 20.7. The molecule has 7 nitrogen and oxygen atoms in total. The van der Waals surface area contributed by atoms with Crippen LogP contribution in [0.15, 0.2) is 84.9 Å². The van der Waals surface area contributed by atoms with E-state index in [0.717, 1.165) is 64.2 Å². The van der Waals surface area contributed by atoms with E-state index in [1.807, 2.05) is 54.6 Å². The number of aliphatic hydroxyl groups excluding tert-OH is 1. The lowest BCUT2D eigenvalue weighted by molar-refractivity contribution is -0.0151. The molecule has 1 aliphatic rings. The molecule has 0 saturated carbocycles. The van der Waals surface area contributed by atoms with Crippen LogP contribution in [0.5, 0.6) is 17.2 Å². The van der Waals surface area contributed by atoms with Gasteiger partial charge in [0.2, 0.25) is 0 Å². The quantitative estimate of drug-likeness (QED) is 0.187. The number of ether oxygens (including phenoxy) is 5. The van der Waals surface area contributed by atoms with E-state index >= 15 is 0 Å². The van der Waals surface area contributed by atoms with E-state index in [1.54, 1.807) is 14.2 Å². The van der Waals surface area contributed by atoms with Gasteiger partial charge in [-0.1, -0.05) is 54.6 Å². The first kappa shape index (κ1) is 29.9. The molecule has 3 atom stereocenters. The Labute approximate surface area is 248 Å². The van der Waals surface area contributed by atoms with Gasteiger partial charge in [-0.25, -0.2) is 0 Å². The molecule has 1 aliphatic heterocycles. The predicted molar refractivity (Wildman–Crippen MR) is 164 cm³/mol. The molecule has 5 rings (SSSR count). The topological polar surface area (TPSA) is 78.4 Å². The van der Waals surface area contributed by atoms with Gasteiger partial charge in [0.25, 0.3) is 0 Å². The normalized spacial score (nSPS) is 18.6. The van der Waals surface area contributed by atoms with E-state index in [4.69, 9.17) is 23.7 Å². The fraction of sp³-hybridized carbons (Fsp3) is 0.371. The van der Waals surface area contributed by atoms with Crippen molar-refractivity contribution >= 4 is 10.8 Å². The molecule has 1 fully saturated rings. The Morgan fingerprint density at radius 1 is 0.810 bits per heavy atom. The highest BCUT2D eigenvalue weighted by Gasteiger charge is 2.35. The maximum absolute atomic E-state index is 10.2. The number of methoxy groups -OCH3 is 2. The average molecular weight is 572 g/mol. The summed E-state index contributed by atoms with van der Waals surface area (Å²) in [4.78, 5) is 0. The van der Waals surface area contributed by atoms with Crippen LogP contribution >= 0.6 is 0 Å². The minimum Gasteiger partial charge on any atom is -0.496 e. The Morgan fingerprint density at radius 3 is 2.40 bits per heavy atom. The zero-order chi connectivity index (χ0) is 29.1. The molecule has 1 heterocycles. The highest BCUT2D eigenvalue weighted by Crippen LogP contribution is 2.34. The van der Waals surface area contributed by atoms with Gasteiger partial charge in [-0.05, 0) is 46.8 Å². The molecule has 2 N–H and O–H groups in total. The van der Waals surface area contributed by atoms with Gasteiger partial charge in [0.05, 0.1) is 46.8 Å². The summed E-state index contributed by atoms with van der Waals surface area (Å²) in [6, 6.07) is 28.5. The Bertz CT molecular complexity index is 1410. The van der Waals surface area contributed by atoms with Gasteiger partial charge < -0.3 is 34.1 Å². The van der Waals surface area contributed by atoms with E-state index < -0.39 is 0 Å². The summed E-state index contributed by atoms with van der Waals surface area (Å²) in [5.74, 6) is 2.63. The first-order valence-electron chi connectivity index (χ1n) is 14.6. The van der Waals surface area contributed by atoms with Crippen molar-refractivity contribution in [3.8, 4) is 17.2 Å². The third-order valence-electron chi connectivity index (χ3n) is 7.88. The van der Waals surface area contributed by atoms with Crippen LogP contribution in [0.1, 0.15) is 29.0 Å². The molecule has 0 radical (unpaired) electrons. The van der Waals surface area contributed by atoms with Crippen LogP contribution in [0, 0.1) is 5.92 Å². The number of fused-ring (bicyclic) bond motifs is 1. The van der Waals surface area contributed by atoms with Crippen molar-refractivity contribution in [1.82, 2.24) is 5.32 Å². The summed E-state index contributed by atoms with van der Waals surface area (Å²) in [5, 5.41) is 15.9. The second-order valence-electron chi connectivity index (χ2n) is 10.6. The highest BCUT2D eigenvalue weighted by atomic mass is 16.5. The molecule has 0 amide bonds. The molecule has 1 unspecified atom stereocenters. The highest BCUT2D eigenvalue weighted by molar-refractivity contribution is 5.89. The molecule has 0 aromatic heterocycles. The zero-order valence-corrected chi connectivity index (χ0v) is 24.5. The summed E-state index contributed by atoms with van der Waals surface area (Å²) in [6.07, 6.45) is 0.702. The number of piperidine rings is 1. The Kier molecular flexibility index (Phi) is 10.7. The lowest BCUT2D eigenvalue weighted by Crippen LogP contribution is -2.47. The molecular weight excluding hydrogens is 530 g/mol. The number of aliphatic hydroxyl groups is 1. The summed E-state index contributed by atoms with van der Waals surface area (Å²) < 4.78 is 29.3. The minimum absolute atomic E-state index is 0.0574. The van der Waals surface area contributed by atoms with Crippen molar-refractivity contribution in [2.45, 2.75) is 31.7 Å². The molecule has 0 spiro atoms. The molecule has 1 saturated heterocycles. The number of nitrogens with one attached hydrogen (secondary N) is 1. The summed E-state index contributed by atoms with van der Waals surface area (Å²) in [6.45, 7) is 3.71. The predicted octanol–water partition coefficient (Wildman–Crippen LogP) is 5.72. The van der Waals surface area contributed by atoms with E-state index in [0.29, 0.717) is 26.4 Å². The smallest absolute Gasteiger partial charge is 0.127 e. The molecular formula is C35H41NO6. The van der Waals surface area contributed by atoms with Gasteiger partial charge in [-0.15, -0.1) is 0 Å². The number of hydrogen-bond donors (Lipinski definition) is 2. The SMILES string of the molecule is COc1ccccc1COCCCOc1ccc([C@@H]2C(OCc3cc(OC)c4ccccc4c3)CNC[C@H]2CO)cc1. The number of rotatable bonds is 14. The largest absolute Gasteiger partial charge is 0.496 e. The molecule has 0 bridgehead atoms. The van der Waals surface area contributed by atoms with Crippen molar-refractivity contribution in [3.63, 3.8) is 0 Å². The third kappa shape index (κ3) is 7.41. The lowest BCUT2D eigenvalue weighted by atomic mass is 9.79. The molecule has 42 heavy (non-hydrogen) atoms. The van der Waals surface area contributed by atoms with Gasteiger partial charge in [-0.2, -0.15) is 0 Å². The maximum Gasteiger partial charge on any atom is 0.127 e. The Morgan fingerprint density at radius 2 is 1.60 bits per heavy atom. The van der Waals surface area contributed by atoms with E-state index in [1.165, 1.54) is 0 Å². The molecule has 4 aromatic carbocycles. The second-order valence-corrected chi connectivity index (χ2v) is 10.6. The van der Waals surface area contributed by atoms with Crippen LogP contribution in [0.25, 0.3) is 10.8 Å². The van der Waals surface area contributed by atoms with E-state index in [-0.39, 0.29) is 24.5 Å². The fourth-order valence-corrected chi connectivity index (χ4v) is 5.73. The molecule has 7 heteroatoms. The van der Waals surface area contributed by atoms with Crippen LogP contribution < -0.4 is 19.5 Å². The van der Waals surface area contributed by atoms with Gasteiger partial charge >= 0.3 is 0 Å². The lowest BCUT2D eigenvalue weighted by Gasteiger charge is -2.38. The van der Waals surface area contributed by atoms with Gasteiger partial charge in [0.1, 0.15) is 17.2 Å². The van der Waals surface area contributed by atoms with Crippen LogP contribution in [0.3, 0.4) is 0 Å². The summed E-state index contributed by atoms with van der Waals surface area (Å²) >= 11 is 0. The zero-order valence-electron chi connectivity index (χ0n) is 24.5. The first-order valence-corrected chi connectivity index (χ1v) is 14.6. The standard InChI is InChI=1S/C35H41NO6/c1-38-32-11-6-4-9-28(32)24-40-16-7-17-41-30-14-12-26(13-15-30)35-29(22-37)20-36-21-34(35)42-23-25-18-27-8-3-5-10-31(27)33(19-25)39-2/h3-6,8-15,18-19,29,34-37H,7,16-17,20-24H2,1-2H3/t29-,34?,35-/m0/s1. The maximum atomic E-state index is 10.2. The number of para-hydroxylation sites is 1. The molecule has 222 valence electrons. The monoisotopic (exact) mass is 571 g/mol. The van der Waals surface area contributed by atoms with E-state index in [2.05, 4.69) is 35.6 Å². The van der Waals surface area contributed by atoms with Crippen molar-refractivity contribution in [2.75, 3.05) is 47.1 Å². The van der Waals surface area contributed by atoms with Crippen LogP contribution in [-0.2, 0) is 22.7 Å². The van der Waals surface area contributed by atoms with Gasteiger partial charge in [0.15, 0.2) is 0 Å². The van der Waals surface area contributed by atoms with Crippen molar-refractivity contribution in [1.29, 1.82) is 0 Å². The molecule has 4 aromatic rings. The van der Waals surface area contributed by atoms with Crippen LogP contribution in [-0.4, -0.2) is 58.3 Å². The minimum atomic E-state index is -0.0829. The van der Waals surface area contributed by atoms with Crippen LogP contribution in [0.4, 0.5) is 0 Å². The third-order valence-corrected chi connectivity index (χ3v) is 7.88. The van der Waals surface area contributed by atoms with Crippen molar-refractivity contribution in [3.05, 3.63) is 102 Å². The summed E-state index contributed by atoms with van der Waals surface area (Å²) in [5.41, 5.74) is 3.24. The fourth-order valence-electron chi connectivity index (χ4n) is 5.73. The van der Waals surface area contributed by atoms with Gasteiger partial charge in [-0.3, -0.25) is 0 Å². The average Bonchev–Trinajstić information content (AvgIpc) is 3.05. The molecule has 0 aliphatic carbocycles. The van der Waals surface area contributed by atoms with Gasteiger partial charge in [0, 0.05) is 48.9 Å². The second kappa shape index (κ2) is 15.0. The number of hydrogen-bond acceptors (Lipinski definition) is 7. The summed E-state index contributed by atoms with van der Waals surface area (Å²) in [7, 11) is 3.37. The van der Waals surface area contributed by atoms with Crippen LogP contribution in [0.2, 0.25) is 0 Å². The van der Waals surface area contributed by atoms with Crippen molar-refractivity contribution < 1.29 is 28.8 Å². The van der Waals surface area contributed by atoms with E-state index in [9.17, 15) is 5.11 Å². The van der Waals surface area contributed by atoms with Crippen molar-refractivity contribution in [2.24, 2.45) is 5.92 Å². The Hall–Kier alpha value is -3.62. The Balaban J connectivity index is 1.15.